The quantitative estimate of drug-likeness (QED) is 0.686. The Morgan fingerprint density at radius 2 is 1.94 bits per heavy atom. The minimum Gasteiger partial charge on any atom is -0.481 e. The van der Waals surface area contributed by atoms with Gasteiger partial charge in [0.25, 0.3) is 0 Å². The van der Waals surface area contributed by atoms with Gasteiger partial charge in [-0.1, -0.05) is 33.1 Å². The summed E-state index contributed by atoms with van der Waals surface area (Å²) in [5.41, 5.74) is 0. The van der Waals surface area contributed by atoms with Crippen molar-refractivity contribution < 1.29 is 9.90 Å². The number of rotatable bonds is 8. The lowest BCUT2D eigenvalue weighted by Gasteiger charge is -2.22. The molecule has 0 spiro atoms. The Bertz CT molecular complexity index is 224. The Balaban J connectivity index is 2.34. The molecule has 1 fully saturated rings. The second-order valence-electron chi connectivity index (χ2n) is 5.32. The molecule has 0 aromatic heterocycles. The molecule has 0 aromatic carbocycles. The van der Waals surface area contributed by atoms with E-state index in [-0.39, 0.29) is 5.92 Å². The predicted octanol–water partition coefficient (Wildman–Crippen LogP) is 3.05. The van der Waals surface area contributed by atoms with Gasteiger partial charge in [0.1, 0.15) is 0 Å². The number of aliphatic carboxylic acids is 1. The SMILES string of the molecule is CCCC(CCC)NCC1CCCC1C(=O)O. The fourth-order valence-electron chi connectivity index (χ4n) is 2.97. The van der Waals surface area contributed by atoms with Crippen LogP contribution >= 0.6 is 0 Å². The van der Waals surface area contributed by atoms with Crippen LogP contribution in [0, 0.1) is 11.8 Å². The largest absolute Gasteiger partial charge is 0.481 e. The summed E-state index contributed by atoms with van der Waals surface area (Å²) < 4.78 is 0. The fourth-order valence-corrected chi connectivity index (χ4v) is 2.97. The topological polar surface area (TPSA) is 49.3 Å². The van der Waals surface area contributed by atoms with Crippen LogP contribution in [0.2, 0.25) is 0 Å². The molecule has 0 radical (unpaired) electrons. The van der Waals surface area contributed by atoms with E-state index in [4.69, 9.17) is 5.11 Å². The van der Waals surface area contributed by atoms with Crippen molar-refractivity contribution in [1.29, 1.82) is 0 Å². The molecule has 0 aliphatic heterocycles. The zero-order chi connectivity index (χ0) is 12.7. The van der Waals surface area contributed by atoms with Gasteiger partial charge in [0.2, 0.25) is 0 Å². The van der Waals surface area contributed by atoms with Gasteiger partial charge < -0.3 is 10.4 Å². The molecule has 100 valence electrons. The number of carboxylic acid groups (broad SMARTS) is 1. The van der Waals surface area contributed by atoms with Gasteiger partial charge in [-0.25, -0.2) is 0 Å². The van der Waals surface area contributed by atoms with Crippen LogP contribution in [0.1, 0.15) is 58.8 Å². The van der Waals surface area contributed by atoms with Crippen molar-refractivity contribution >= 4 is 5.97 Å². The van der Waals surface area contributed by atoms with Crippen LogP contribution in [0.25, 0.3) is 0 Å². The molecule has 1 rings (SSSR count). The van der Waals surface area contributed by atoms with E-state index in [1.165, 1.54) is 25.7 Å². The van der Waals surface area contributed by atoms with Gasteiger partial charge in [-0.15, -0.1) is 0 Å². The first-order chi connectivity index (χ1) is 8.19. The second-order valence-corrected chi connectivity index (χ2v) is 5.32. The number of carboxylic acids is 1. The van der Waals surface area contributed by atoms with Gasteiger partial charge in [-0.05, 0) is 38.1 Å². The fraction of sp³-hybridized carbons (Fsp3) is 0.929. The molecule has 17 heavy (non-hydrogen) atoms. The van der Waals surface area contributed by atoms with Crippen LogP contribution < -0.4 is 5.32 Å². The van der Waals surface area contributed by atoms with E-state index in [0.717, 1.165) is 25.8 Å². The van der Waals surface area contributed by atoms with E-state index in [2.05, 4.69) is 19.2 Å². The Morgan fingerprint density at radius 1 is 1.29 bits per heavy atom. The third-order valence-corrected chi connectivity index (χ3v) is 3.92. The van der Waals surface area contributed by atoms with E-state index >= 15 is 0 Å². The molecule has 3 nitrogen and oxygen atoms in total. The van der Waals surface area contributed by atoms with E-state index in [0.29, 0.717) is 12.0 Å². The first-order valence-corrected chi connectivity index (χ1v) is 7.15. The minimum absolute atomic E-state index is 0.105. The van der Waals surface area contributed by atoms with Gasteiger partial charge >= 0.3 is 5.97 Å². The number of carbonyl (C=O) groups is 1. The van der Waals surface area contributed by atoms with Crippen LogP contribution in [-0.2, 0) is 4.79 Å². The summed E-state index contributed by atoms with van der Waals surface area (Å²) in [6.45, 7) is 5.31. The molecule has 1 aliphatic carbocycles. The van der Waals surface area contributed by atoms with Crippen LogP contribution in [0.5, 0.6) is 0 Å². The highest BCUT2D eigenvalue weighted by Gasteiger charge is 2.32. The monoisotopic (exact) mass is 241 g/mol. The van der Waals surface area contributed by atoms with Gasteiger partial charge in [0.15, 0.2) is 0 Å². The second kappa shape index (κ2) is 7.70. The lowest BCUT2D eigenvalue weighted by atomic mass is 9.95. The van der Waals surface area contributed by atoms with Crippen molar-refractivity contribution in [3.05, 3.63) is 0 Å². The molecule has 1 saturated carbocycles. The molecule has 1 aliphatic rings. The highest BCUT2D eigenvalue weighted by atomic mass is 16.4. The maximum absolute atomic E-state index is 11.1. The van der Waals surface area contributed by atoms with Crippen molar-refractivity contribution in [3.8, 4) is 0 Å². The molecule has 2 N–H and O–H groups in total. The van der Waals surface area contributed by atoms with Gasteiger partial charge in [-0.3, -0.25) is 4.79 Å². The summed E-state index contributed by atoms with van der Waals surface area (Å²) in [6.07, 6.45) is 7.84. The standard InChI is InChI=1S/C14H27NO2/c1-3-6-12(7-4-2)15-10-11-8-5-9-13(11)14(16)17/h11-13,15H,3-10H2,1-2H3,(H,16,17). The maximum atomic E-state index is 11.1. The molecular formula is C14H27NO2. The van der Waals surface area contributed by atoms with Crippen molar-refractivity contribution in [3.63, 3.8) is 0 Å². The van der Waals surface area contributed by atoms with Crippen molar-refractivity contribution in [2.75, 3.05) is 6.54 Å². The van der Waals surface area contributed by atoms with Gasteiger partial charge in [0.05, 0.1) is 5.92 Å². The molecule has 0 amide bonds. The number of hydrogen-bond donors (Lipinski definition) is 2. The molecule has 0 saturated heterocycles. The van der Waals surface area contributed by atoms with E-state index < -0.39 is 5.97 Å². The highest BCUT2D eigenvalue weighted by Crippen LogP contribution is 2.31. The third-order valence-electron chi connectivity index (χ3n) is 3.92. The number of hydrogen-bond acceptors (Lipinski definition) is 2. The van der Waals surface area contributed by atoms with Crippen LogP contribution in [-0.4, -0.2) is 23.7 Å². The number of nitrogens with one attached hydrogen (secondary N) is 1. The maximum Gasteiger partial charge on any atom is 0.306 e. The van der Waals surface area contributed by atoms with Crippen LogP contribution in [0.4, 0.5) is 0 Å². The summed E-state index contributed by atoms with van der Waals surface area (Å²) in [5, 5.41) is 12.7. The van der Waals surface area contributed by atoms with Crippen LogP contribution in [0.15, 0.2) is 0 Å². The molecule has 0 aromatic rings. The average Bonchev–Trinajstić information content (AvgIpc) is 2.74. The average molecular weight is 241 g/mol. The summed E-state index contributed by atoms with van der Waals surface area (Å²) >= 11 is 0. The lowest BCUT2D eigenvalue weighted by molar-refractivity contribution is -0.142. The van der Waals surface area contributed by atoms with Crippen molar-refractivity contribution in [1.82, 2.24) is 5.32 Å². The summed E-state index contributed by atoms with van der Waals surface area (Å²) in [5.74, 6) is -0.355. The predicted molar refractivity (Wildman–Crippen MR) is 70.1 cm³/mol. The normalized spacial score (nSPS) is 24.4. The van der Waals surface area contributed by atoms with Crippen LogP contribution in [0.3, 0.4) is 0 Å². The molecule has 0 bridgehead atoms. The lowest BCUT2D eigenvalue weighted by Crippen LogP contribution is -2.35. The van der Waals surface area contributed by atoms with E-state index in [1.807, 2.05) is 0 Å². The minimum atomic E-state index is -0.600. The first kappa shape index (κ1) is 14.5. The first-order valence-electron chi connectivity index (χ1n) is 7.15. The summed E-state index contributed by atoms with van der Waals surface area (Å²) in [6, 6.07) is 0.583. The molecule has 2 atom stereocenters. The Morgan fingerprint density at radius 3 is 2.47 bits per heavy atom. The van der Waals surface area contributed by atoms with Gasteiger partial charge in [0, 0.05) is 6.04 Å². The summed E-state index contributed by atoms with van der Waals surface area (Å²) in [4.78, 5) is 11.1. The van der Waals surface area contributed by atoms with Crippen molar-refractivity contribution in [2.24, 2.45) is 11.8 Å². The molecule has 0 heterocycles. The zero-order valence-corrected chi connectivity index (χ0v) is 11.2. The molecular weight excluding hydrogens is 214 g/mol. The van der Waals surface area contributed by atoms with Gasteiger partial charge in [-0.2, -0.15) is 0 Å². The summed E-state index contributed by atoms with van der Waals surface area (Å²) in [7, 11) is 0. The van der Waals surface area contributed by atoms with Crippen molar-refractivity contribution in [2.45, 2.75) is 64.8 Å². The Hall–Kier alpha value is -0.570. The Kier molecular flexibility index (Phi) is 6.56. The van der Waals surface area contributed by atoms with E-state index in [1.54, 1.807) is 0 Å². The zero-order valence-electron chi connectivity index (χ0n) is 11.2. The Labute approximate surface area is 105 Å². The highest BCUT2D eigenvalue weighted by molar-refractivity contribution is 5.70. The van der Waals surface area contributed by atoms with E-state index in [9.17, 15) is 4.79 Å². The third kappa shape index (κ3) is 4.66. The smallest absolute Gasteiger partial charge is 0.306 e. The molecule has 2 unspecified atom stereocenters. The molecule has 3 heteroatoms.